The number of rotatable bonds is 4. The molecule has 0 radical (unpaired) electrons. The van der Waals surface area contributed by atoms with Crippen LogP contribution in [0.15, 0.2) is 64.4 Å². The molecule has 0 aliphatic carbocycles. The summed E-state index contributed by atoms with van der Waals surface area (Å²) in [6, 6.07) is 14.9. The zero-order valence-electron chi connectivity index (χ0n) is 13.2. The van der Waals surface area contributed by atoms with Crippen molar-refractivity contribution in [3.8, 4) is 5.75 Å². The van der Waals surface area contributed by atoms with Crippen LogP contribution in [0.25, 0.3) is 10.8 Å². The lowest BCUT2D eigenvalue weighted by atomic mass is 10.1. The first-order valence-electron chi connectivity index (χ1n) is 7.39. The Bertz CT molecular complexity index is 988. The topological polar surface area (TPSA) is 92.5 Å². The van der Waals surface area contributed by atoms with Crippen LogP contribution < -0.4 is 5.32 Å². The lowest BCUT2D eigenvalue weighted by Crippen LogP contribution is -2.06. The smallest absolute Gasteiger partial charge is 0.270 e. The average molecular weight is 354 g/mol. The molecule has 3 aromatic rings. The Morgan fingerprint density at radius 3 is 2.64 bits per heavy atom. The third kappa shape index (κ3) is 3.72. The van der Waals surface area contributed by atoms with E-state index in [0.717, 1.165) is 10.8 Å². The van der Waals surface area contributed by atoms with E-state index in [9.17, 15) is 20.0 Å². The largest absolute Gasteiger partial charge is 0.508 e. The molecule has 3 aromatic carbocycles. The van der Waals surface area contributed by atoms with Crippen molar-refractivity contribution >= 4 is 39.8 Å². The third-order valence-corrected chi connectivity index (χ3v) is 4.52. The predicted octanol–water partition coefficient (Wildman–Crippen LogP) is 4.56. The van der Waals surface area contributed by atoms with E-state index in [1.165, 1.54) is 30.8 Å². The van der Waals surface area contributed by atoms with Crippen LogP contribution in [-0.4, -0.2) is 15.9 Å². The minimum absolute atomic E-state index is 0.00320. The van der Waals surface area contributed by atoms with Gasteiger partial charge in [0.05, 0.1) is 4.92 Å². The van der Waals surface area contributed by atoms with Crippen LogP contribution in [0.2, 0.25) is 0 Å². The number of nitro groups is 1. The predicted molar refractivity (Wildman–Crippen MR) is 97.1 cm³/mol. The number of non-ortho nitro benzene ring substituents is 1. The van der Waals surface area contributed by atoms with Crippen molar-refractivity contribution in [1.82, 2.24) is 0 Å². The van der Waals surface area contributed by atoms with Gasteiger partial charge < -0.3 is 10.4 Å². The fourth-order valence-corrected chi connectivity index (χ4v) is 3.62. The Morgan fingerprint density at radius 2 is 1.92 bits per heavy atom. The summed E-state index contributed by atoms with van der Waals surface area (Å²) in [4.78, 5) is 23.3. The second-order valence-corrected chi connectivity index (χ2v) is 6.50. The maximum Gasteiger partial charge on any atom is 0.270 e. The van der Waals surface area contributed by atoms with Gasteiger partial charge in [-0.1, -0.05) is 30.0 Å². The molecule has 0 aliphatic rings. The zero-order chi connectivity index (χ0) is 18.0. The van der Waals surface area contributed by atoms with Crippen LogP contribution in [0.1, 0.15) is 6.92 Å². The standard InChI is InChI=1S/C18H14N2O4S/c1-11(21)19-16-7-2-4-12-8-14(22)10-17(18(12)16)25-15-6-3-5-13(9-15)20(23)24/h2-10,22H,1H3,(H,19,21). The first-order chi connectivity index (χ1) is 11.9. The van der Waals surface area contributed by atoms with Crippen LogP contribution in [0, 0.1) is 10.1 Å². The Balaban J connectivity index is 2.13. The van der Waals surface area contributed by atoms with Crippen molar-refractivity contribution in [2.75, 3.05) is 5.32 Å². The highest BCUT2D eigenvalue weighted by atomic mass is 32.2. The van der Waals surface area contributed by atoms with Gasteiger partial charge in [-0.15, -0.1) is 0 Å². The van der Waals surface area contributed by atoms with E-state index in [1.807, 2.05) is 6.07 Å². The highest BCUT2D eigenvalue weighted by Crippen LogP contribution is 2.40. The maximum absolute atomic E-state index is 11.5. The SMILES string of the molecule is CC(=O)Nc1cccc2cc(O)cc(Sc3cccc([N+](=O)[O-])c3)c12. The van der Waals surface area contributed by atoms with Crippen molar-refractivity contribution in [3.63, 3.8) is 0 Å². The molecule has 1 amide bonds. The fraction of sp³-hybridized carbons (Fsp3) is 0.0556. The summed E-state index contributed by atoms with van der Waals surface area (Å²) >= 11 is 1.29. The van der Waals surface area contributed by atoms with Crippen molar-refractivity contribution in [3.05, 3.63) is 64.7 Å². The second kappa shape index (κ2) is 6.82. The summed E-state index contributed by atoms with van der Waals surface area (Å²) in [5, 5.41) is 25.3. The molecule has 0 fully saturated rings. The van der Waals surface area contributed by atoms with Crippen molar-refractivity contribution in [2.24, 2.45) is 0 Å². The summed E-state index contributed by atoms with van der Waals surface area (Å²) in [5.74, 6) is -0.118. The van der Waals surface area contributed by atoms with E-state index in [1.54, 1.807) is 36.4 Å². The van der Waals surface area contributed by atoms with Crippen LogP contribution in [0.4, 0.5) is 11.4 Å². The normalized spacial score (nSPS) is 10.6. The first-order valence-corrected chi connectivity index (χ1v) is 8.21. The molecule has 3 rings (SSSR count). The van der Waals surface area contributed by atoms with E-state index < -0.39 is 4.92 Å². The Kier molecular flexibility index (Phi) is 4.58. The summed E-state index contributed by atoms with van der Waals surface area (Å²) in [7, 11) is 0. The maximum atomic E-state index is 11.5. The van der Waals surface area contributed by atoms with Gasteiger partial charge in [0.25, 0.3) is 5.69 Å². The summed E-state index contributed by atoms with van der Waals surface area (Å²) in [5.41, 5.74) is 0.620. The van der Waals surface area contributed by atoms with E-state index in [4.69, 9.17) is 0 Å². The van der Waals surface area contributed by atoms with Gasteiger partial charge in [-0.05, 0) is 29.7 Å². The van der Waals surface area contributed by atoms with Crippen LogP contribution in [0.3, 0.4) is 0 Å². The zero-order valence-corrected chi connectivity index (χ0v) is 14.0. The molecule has 0 heterocycles. The Hall–Kier alpha value is -3.06. The highest BCUT2D eigenvalue weighted by Gasteiger charge is 2.13. The molecule has 0 aliphatic heterocycles. The lowest BCUT2D eigenvalue weighted by Gasteiger charge is -2.12. The molecule has 0 aromatic heterocycles. The number of hydrogen-bond donors (Lipinski definition) is 2. The number of nitrogens with one attached hydrogen (secondary N) is 1. The molecular formula is C18H14N2O4S. The number of carbonyl (C=O) groups excluding carboxylic acids is 1. The van der Waals surface area contributed by atoms with Gasteiger partial charge in [0.1, 0.15) is 5.75 Å². The molecule has 0 atom stereocenters. The molecule has 25 heavy (non-hydrogen) atoms. The van der Waals surface area contributed by atoms with Crippen molar-refractivity contribution in [1.29, 1.82) is 0 Å². The van der Waals surface area contributed by atoms with Gasteiger partial charge in [-0.25, -0.2) is 0 Å². The van der Waals surface area contributed by atoms with Gasteiger partial charge in [-0.3, -0.25) is 14.9 Å². The number of phenolic OH excluding ortho intramolecular Hbond substituents is 1. The van der Waals surface area contributed by atoms with E-state index in [-0.39, 0.29) is 17.3 Å². The number of carbonyl (C=O) groups is 1. The first kappa shape index (κ1) is 16.8. The molecular weight excluding hydrogens is 340 g/mol. The summed E-state index contributed by atoms with van der Waals surface area (Å²) < 4.78 is 0. The molecule has 7 heteroatoms. The number of anilines is 1. The number of nitro benzene ring substituents is 1. The number of phenols is 1. The second-order valence-electron chi connectivity index (χ2n) is 5.39. The summed E-state index contributed by atoms with van der Waals surface area (Å²) in [6.45, 7) is 1.42. The quantitative estimate of drug-likeness (QED) is 0.529. The number of benzene rings is 3. The van der Waals surface area contributed by atoms with E-state index >= 15 is 0 Å². The molecule has 0 spiro atoms. The number of amides is 1. The minimum atomic E-state index is -0.451. The number of nitrogens with zero attached hydrogens (tertiary/aromatic N) is 1. The number of hydrogen-bond acceptors (Lipinski definition) is 5. The fourth-order valence-electron chi connectivity index (χ4n) is 2.53. The van der Waals surface area contributed by atoms with Crippen molar-refractivity contribution < 1.29 is 14.8 Å². The lowest BCUT2D eigenvalue weighted by molar-refractivity contribution is -0.385. The van der Waals surface area contributed by atoms with Gasteiger partial charge >= 0.3 is 0 Å². The molecule has 0 bridgehead atoms. The van der Waals surface area contributed by atoms with Gasteiger partial charge in [0.2, 0.25) is 5.91 Å². The third-order valence-electron chi connectivity index (χ3n) is 3.49. The van der Waals surface area contributed by atoms with E-state index in [2.05, 4.69) is 5.32 Å². The Labute approximate surface area is 147 Å². The summed E-state index contributed by atoms with van der Waals surface area (Å²) in [6.07, 6.45) is 0. The molecule has 126 valence electrons. The van der Waals surface area contributed by atoms with Gasteiger partial charge in [0, 0.05) is 39.9 Å². The van der Waals surface area contributed by atoms with Crippen molar-refractivity contribution in [2.45, 2.75) is 16.7 Å². The molecule has 0 unspecified atom stereocenters. The monoisotopic (exact) mass is 354 g/mol. The van der Waals surface area contributed by atoms with Crippen LogP contribution in [-0.2, 0) is 4.79 Å². The highest BCUT2D eigenvalue weighted by molar-refractivity contribution is 7.99. The molecule has 2 N–H and O–H groups in total. The van der Waals surface area contributed by atoms with Crippen LogP contribution >= 0.6 is 11.8 Å². The average Bonchev–Trinajstić information content (AvgIpc) is 2.54. The molecule has 0 saturated carbocycles. The molecule has 6 nitrogen and oxygen atoms in total. The van der Waals surface area contributed by atoms with E-state index in [0.29, 0.717) is 15.5 Å². The molecule has 0 saturated heterocycles. The Morgan fingerprint density at radius 1 is 1.16 bits per heavy atom. The van der Waals surface area contributed by atoms with Gasteiger partial charge in [0.15, 0.2) is 0 Å². The minimum Gasteiger partial charge on any atom is -0.508 e. The van der Waals surface area contributed by atoms with Crippen LogP contribution in [0.5, 0.6) is 5.75 Å². The van der Waals surface area contributed by atoms with Gasteiger partial charge in [-0.2, -0.15) is 0 Å². The number of fused-ring (bicyclic) bond motifs is 1. The number of aromatic hydroxyl groups is 1.